The van der Waals surface area contributed by atoms with Gasteiger partial charge in [-0.15, -0.1) is 0 Å². The lowest BCUT2D eigenvalue weighted by Gasteiger charge is -2.19. The summed E-state index contributed by atoms with van der Waals surface area (Å²) in [5, 5.41) is 0. The Balaban J connectivity index is 2.54. The van der Waals surface area contributed by atoms with Gasteiger partial charge in [-0.05, 0) is 24.6 Å². The maximum Gasteiger partial charge on any atom is 0.416 e. The Labute approximate surface area is 107 Å². The number of hydrogen-bond acceptors (Lipinski definition) is 4. The van der Waals surface area contributed by atoms with Crippen molar-refractivity contribution in [1.82, 2.24) is 10.4 Å². The highest BCUT2D eigenvalue weighted by molar-refractivity contribution is 5.36. The molecule has 0 aliphatic rings. The lowest BCUT2D eigenvalue weighted by Crippen LogP contribution is -2.31. The minimum absolute atomic E-state index is 0.0736. The molecule has 0 aromatic carbocycles. The van der Waals surface area contributed by atoms with E-state index in [4.69, 9.17) is 10.3 Å². The largest absolute Gasteiger partial charge is 0.467 e. The molecule has 0 radical (unpaired) electrons. The lowest BCUT2D eigenvalue weighted by atomic mass is 9.99. The van der Waals surface area contributed by atoms with E-state index in [0.29, 0.717) is 11.3 Å². The molecule has 0 saturated carbocycles. The first-order chi connectivity index (χ1) is 8.95. The van der Waals surface area contributed by atoms with Crippen molar-refractivity contribution in [3.05, 3.63) is 53.2 Å². The summed E-state index contributed by atoms with van der Waals surface area (Å²) in [5.74, 6) is 5.71. The Kier molecular flexibility index (Phi) is 3.59. The molecule has 7 heteroatoms. The van der Waals surface area contributed by atoms with E-state index in [2.05, 4.69) is 10.4 Å². The van der Waals surface area contributed by atoms with Crippen molar-refractivity contribution < 1.29 is 17.6 Å². The first-order valence-corrected chi connectivity index (χ1v) is 5.46. The van der Waals surface area contributed by atoms with E-state index in [1.165, 1.54) is 6.26 Å². The molecule has 1 atom stereocenters. The van der Waals surface area contributed by atoms with Gasteiger partial charge in [0, 0.05) is 18.0 Å². The number of nitrogens with one attached hydrogen (secondary N) is 1. The van der Waals surface area contributed by atoms with Crippen LogP contribution in [0.25, 0.3) is 0 Å². The summed E-state index contributed by atoms with van der Waals surface area (Å²) in [7, 11) is 0. The van der Waals surface area contributed by atoms with Gasteiger partial charge in [0.2, 0.25) is 0 Å². The van der Waals surface area contributed by atoms with Crippen molar-refractivity contribution >= 4 is 0 Å². The summed E-state index contributed by atoms with van der Waals surface area (Å²) in [6.45, 7) is 1.73. The van der Waals surface area contributed by atoms with Crippen LogP contribution in [0.5, 0.6) is 0 Å². The molecule has 3 N–H and O–H groups in total. The average Bonchev–Trinajstić information content (AvgIpc) is 2.76. The summed E-state index contributed by atoms with van der Waals surface area (Å²) in [5.41, 5.74) is 2.18. The van der Waals surface area contributed by atoms with Gasteiger partial charge in [-0.3, -0.25) is 10.8 Å². The number of rotatable bonds is 3. The number of furan rings is 1. The first kappa shape index (κ1) is 13.6. The number of hydrogen-bond donors (Lipinski definition) is 2. The van der Waals surface area contributed by atoms with E-state index >= 15 is 0 Å². The van der Waals surface area contributed by atoms with Crippen molar-refractivity contribution in [2.75, 3.05) is 0 Å². The highest BCUT2D eigenvalue weighted by atomic mass is 19.4. The minimum Gasteiger partial charge on any atom is -0.467 e. The van der Waals surface area contributed by atoms with E-state index in [0.717, 1.165) is 18.5 Å². The van der Waals surface area contributed by atoms with E-state index in [1.54, 1.807) is 13.0 Å². The third-order valence-corrected chi connectivity index (χ3v) is 2.80. The number of nitrogens with zero attached hydrogens (tertiary/aromatic N) is 1. The average molecular weight is 271 g/mol. The van der Waals surface area contributed by atoms with Crippen molar-refractivity contribution in [2.45, 2.75) is 19.1 Å². The molecule has 0 saturated heterocycles. The topological polar surface area (TPSA) is 64.1 Å². The molecule has 0 aliphatic carbocycles. The summed E-state index contributed by atoms with van der Waals surface area (Å²) >= 11 is 0. The van der Waals surface area contributed by atoms with E-state index in [9.17, 15) is 13.2 Å². The van der Waals surface area contributed by atoms with Crippen LogP contribution in [0.1, 0.15) is 28.5 Å². The van der Waals surface area contributed by atoms with Crippen molar-refractivity contribution in [3.63, 3.8) is 0 Å². The number of aromatic nitrogens is 1. The fourth-order valence-electron chi connectivity index (χ4n) is 1.88. The zero-order chi connectivity index (χ0) is 14.0. The predicted octanol–water partition coefficient (Wildman–Crippen LogP) is 2.55. The molecule has 0 spiro atoms. The van der Waals surface area contributed by atoms with Crippen molar-refractivity contribution in [1.29, 1.82) is 0 Å². The molecule has 2 heterocycles. The van der Waals surface area contributed by atoms with Gasteiger partial charge in [-0.2, -0.15) is 13.2 Å². The molecule has 0 bridgehead atoms. The second-order valence-corrected chi connectivity index (χ2v) is 4.03. The number of pyridine rings is 1. The van der Waals surface area contributed by atoms with Crippen LogP contribution in [-0.4, -0.2) is 4.98 Å². The Bertz CT molecular complexity index is 565. The van der Waals surface area contributed by atoms with E-state index < -0.39 is 17.8 Å². The van der Waals surface area contributed by atoms with Crippen molar-refractivity contribution in [2.24, 2.45) is 5.84 Å². The maximum atomic E-state index is 13.0. The molecule has 4 nitrogen and oxygen atoms in total. The minimum atomic E-state index is -4.48. The van der Waals surface area contributed by atoms with Crippen LogP contribution >= 0.6 is 0 Å². The number of halogens is 3. The SMILES string of the molecule is Cc1ccoc1C(NN)c1cnccc1C(F)(F)F. The highest BCUT2D eigenvalue weighted by Gasteiger charge is 2.36. The Hall–Kier alpha value is -1.86. The van der Waals surface area contributed by atoms with Crippen LogP contribution in [-0.2, 0) is 6.18 Å². The summed E-state index contributed by atoms with van der Waals surface area (Å²) in [6.07, 6.45) is -0.850. The molecule has 0 aliphatic heterocycles. The smallest absolute Gasteiger partial charge is 0.416 e. The van der Waals surface area contributed by atoms with E-state index in [-0.39, 0.29) is 5.56 Å². The molecular weight excluding hydrogens is 259 g/mol. The predicted molar refractivity (Wildman–Crippen MR) is 61.9 cm³/mol. The normalized spacial score (nSPS) is 13.5. The van der Waals surface area contributed by atoms with Gasteiger partial charge < -0.3 is 4.42 Å². The Morgan fingerprint density at radius 2 is 2.11 bits per heavy atom. The Morgan fingerprint density at radius 1 is 1.37 bits per heavy atom. The third kappa shape index (κ3) is 2.61. The molecule has 102 valence electrons. The quantitative estimate of drug-likeness (QED) is 0.665. The third-order valence-electron chi connectivity index (χ3n) is 2.80. The number of hydrazine groups is 1. The molecule has 2 rings (SSSR count). The second-order valence-electron chi connectivity index (χ2n) is 4.03. The lowest BCUT2D eigenvalue weighted by molar-refractivity contribution is -0.138. The standard InChI is InChI=1S/C12H12F3N3O/c1-7-3-5-19-11(7)10(18-16)8-6-17-4-2-9(8)12(13,14)15/h2-6,10,18H,16H2,1H3. The van der Waals surface area contributed by atoms with E-state index in [1.807, 2.05) is 0 Å². The van der Waals surface area contributed by atoms with Gasteiger partial charge in [0.05, 0.1) is 11.8 Å². The summed E-state index contributed by atoms with van der Waals surface area (Å²) < 4.78 is 44.1. The second kappa shape index (κ2) is 5.02. The van der Waals surface area contributed by atoms with Gasteiger partial charge in [0.1, 0.15) is 11.8 Å². The molecule has 19 heavy (non-hydrogen) atoms. The zero-order valence-corrected chi connectivity index (χ0v) is 10.0. The van der Waals surface area contributed by atoms with Gasteiger partial charge in [-0.25, -0.2) is 5.43 Å². The van der Waals surface area contributed by atoms with Crippen LogP contribution < -0.4 is 11.3 Å². The first-order valence-electron chi connectivity index (χ1n) is 5.46. The fraction of sp³-hybridized carbons (Fsp3) is 0.250. The summed E-state index contributed by atoms with van der Waals surface area (Å²) in [6, 6.07) is 1.67. The number of nitrogens with two attached hydrogens (primary N) is 1. The Morgan fingerprint density at radius 3 is 2.63 bits per heavy atom. The molecule has 2 aromatic heterocycles. The monoisotopic (exact) mass is 271 g/mol. The zero-order valence-electron chi connectivity index (χ0n) is 10.0. The van der Waals surface area contributed by atoms with Crippen LogP contribution in [0, 0.1) is 6.92 Å². The van der Waals surface area contributed by atoms with Crippen LogP contribution in [0.2, 0.25) is 0 Å². The molecule has 1 unspecified atom stereocenters. The van der Waals surface area contributed by atoms with Gasteiger partial charge in [0.25, 0.3) is 0 Å². The molecule has 0 fully saturated rings. The number of alkyl halides is 3. The van der Waals surface area contributed by atoms with Crippen LogP contribution in [0.3, 0.4) is 0 Å². The highest BCUT2D eigenvalue weighted by Crippen LogP contribution is 2.36. The molecule has 2 aromatic rings. The number of aryl methyl sites for hydroxylation is 1. The molecular formula is C12H12F3N3O. The van der Waals surface area contributed by atoms with Gasteiger partial charge >= 0.3 is 6.18 Å². The molecule has 0 amide bonds. The van der Waals surface area contributed by atoms with Crippen molar-refractivity contribution in [3.8, 4) is 0 Å². The maximum absolute atomic E-state index is 13.0. The fourth-order valence-corrected chi connectivity index (χ4v) is 1.88. The van der Waals surface area contributed by atoms with Crippen LogP contribution in [0.4, 0.5) is 13.2 Å². The summed E-state index contributed by atoms with van der Waals surface area (Å²) in [4.78, 5) is 3.73. The van der Waals surface area contributed by atoms with Gasteiger partial charge in [-0.1, -0.05) is 0 Å². The van der Waals surface area contributed by atoms with Gasteiger partial charge in [0.15, 0.2) is 0 Å². The van der Waals surface area contributed by atoms with Crippen LogP contribution in [0.15, 0.2) is 35.2 Å².